The molecule has 21 aliphatic heterocycles. The van der Waals surface area contributed by atoms with Crippen LogP contribution in [-0.4, -0.2) is 441 Å². The molecule has 0 aromatic carbocycles. The predicted molar refractivity (Wildman–Crippen MR) is 332 cm³/mol. The minimum absolute atomic E-state index is 0.0645. The van der Waals surface area contributed by atoms with Crippen LogP contribution in [0.15, 0.2) is 0 Å². The summed E-state index contributed by atoms with van der Waals surface area (Å²) in [6, 6.07) is -1.18. The van der Waals surface area contributed by atoms with Gasteiger partial charge in [0, 0.05) is 42.3 Å². The number of rotatable bonds is 27. The number of aliphatic hydroxyl groups is 19. The van der Waals surface area contributed by atoms with Crippen LogP contribution in [0.5, 0.6) is 0 Å². The monoisotopic (exact) mass is 1540 g/mol. The fourth-order valence-corrected chi connectivity index (χ4v) is 15.0. The van der Waals surface area contributed by atoms with Crippen LogP contribution in [0.4, 0.5) is 0 Å². The van der Waals surface area contributed by atoms with Gasteiger partial charge in [0.1, 0.15) is 176 Å². The van der Waals surface area contributed by atoms with E-state index in [4.69, 9.17) is 75.8 Å². The Morgan fingerprint density at radius 2 is 0.602 bits per heavy atom. The molecule has 0 aromatic rings. The summed E-state index contributed by atoms with van der Waals surface area (Å²) in [4.78, 5) is 48.7. The quantitative estimate of drug-likeness (QED) is 0.0340. The maximum Gasteiger partial charge on any atom is 0.321 e. The highest BCUT2D eigenvalue weighted by molar-refractivity contribution is 7.99. The number of thioether (sulfide) groups is 2. The van der Waals surface area contributed by atoms with Gasteiger partial charge in [0.25, 0.3) is 0 Å². The smallest absolute Gasteiger partial charge is 0.321 e. The first-order valence-corrected chi connectivity index (χ1v) is 35.5. The largest absolute Gasteiger partial charge is 0.481 e. The fraction of sp³-hybridized carbons (Fsp3) is 0.932. The van der Waals surface area contributed by atoms with Gasteiger partial charge < -0.3 is 188 Å². The number of aliphatic hydroxyl groups excluding tert-OH is 19. The molecule has 21 rings (SSSR count). The Bertz CT molecular complexity index is 2610. The van der Waals surface area contributed by atoms with E-state index < -0.39 is 290 Å². The first kappa shape index (κ1) is 86.1. The Labute approximate surface area is 595 Å². The zero-order chi connectivity index (χ0) is 75.4. The SMILES string of the molecule is CN[C@H](CSCC1O[C@H]2O[C@@H]3C(CO)OC(O[C@@H]4C(CO)O[C@H](O[C@@H]5C(CO)O[C@H](O[C@@H]6C(CSCC(CC(=O)CCOCCOCCC(C)=O)C(=O)O)O[C@H](O[C@@H]7C(CO)O[C@@H](O[C@@H]8C(CO)O[C@@H](O[C@H]1[C@H](O)C2O)C(O)[C@H]8O)C(O)[C@H]7O)C(O)[C@H]6O)C(O)[C@H]5O)C(O)[C@H]4O)[C@@H](O)[C@H]3O)C(=O)O. The maximum absolute atomic E-state index is 13.0. The first-order chi connectivity index (χ1) is 49.0. The summed E-state index contributed by atoms with van der Waals surface area (Å²) in [5.74, 6) is -6.08. The predicted octanol–water partition coefficient (Wildman–Crippen LogP) is -13.0. The Morgan fingerprint density at radius 1 is 0.350 bits per heavy atom. The van der Waals surface area contributed by atoms with E-state index in [1.54, 1.807) is 0 Å². The Morgan fingerprint density at radius 3 is 0.845 bits per heavy atom. The van der Waals surface area contributed by atoms with Crippen molar-refractivity contribution < 1.29 is 202 Å². The average molecular weight is 1540 g/mol. The van der Waals surface area contributed by atoms with E-state index in [2.05, 4.69) is 5.32 Å². The molecule has 15 unspecified atom stereocenters. The van der Waals surface area contributed by atoms with Gasteiger partial charge >= 0.3 is 11.9 Å². The van der Waals surface area contributed by atoms with Gasteiger partial charge in [0.05, 0.1) is 77.6 Å². The number of hydrogen-bond donors (Lipinski definition) is 22. The molecule has 0 aromatic heterocycles. The highest BCUT2D eigenvalue weighted by Gasteiger charge is 2.60. The normalized spacial score (nSPS) is 44.9. The van der Waals surface area contributed by atoms with Gasteiger partial charge in [-0.2, -0.15) is 23.5 Å². The van der Waals surface area contributed by atoms with E-state index in [1.807, 2.05) is 0 Å². The second-order valence-corrected chi connectivity index (χ2v) is 27.9. The number of likely N-dealkylation sites (N-methyl/N-ethyl adjacent to an activating group) is 1. The lowest BCUT2D eigenvalue weighted by Gasteiger charge is -2.50. The lowest BCUT2D eigenvalue weighted by molar-refractivity contribution is -0.395. The lowest BCUT2D eigenvalue weighted by atomic mass is 9.95. The van der Waals surface area contributed by atoms with Crippen LogP contribution in [0, 0.1) is 5.92 Å². The van der Waals surface area contributed by atoms with E-state index in [0.29, 0.717) is 0 Å². The second kappa shape index (κ2) is 40.0. The van der Waals surface area contributed by atoms with Crippen LogP contribution in [0.3, 0.4) is 0 Å². The van der Waals surface area contributed by atoms with E-state index in [0.717, 1.165) is 23.5 Å². The van der Waals surface area contributed by atoms with Crippen molar-refractivity contribution in [1.82, 2.24) is 5.32 Å². The highest BCUT2D eigenvalue weighted by atomic mass is 32.2. The van der Waals surface area contributed by atoms with Crippen LogP contribution in [0.25, 0.3) is 0 Å². The molecule has 21 heterocycles. The van der Waals surface area contributed by atoms with Gasteiger partial charge in [0.15, 0.2) is 44.0 Å². The molecule has 0 saturated carbocycles. The molecule has 37 atom stereocenters. The van der Waals surface area contributed by atoms with E-state index in [1.165, 1.54) is 14.0 Å². The average Bonchev–Trinajstić information content (AvgIpc) is 0.785. The molecular formula is C59H97NO41S2. The molecule has 22 N–H and O–H groups in total. The summed E-state index contributed by atoms with van der Waals surface area (Å²) in [5.41, 5.74) is 0. The molecule has 0 amide bonds. The van der Waals surface area contributed by atoms with Crippen LogP contribution in [0.1, 0.15) is 26.2 Å². The third-order valence-corrected chi connectivity index (χ3v) is 20.9. The third-order valence-electron chi connectivity index (χ3n) is 18.6. The molecule has 596 valence electrons. The molecule has 44 heteroatoms. The van der Waals surface area contributed by atoms with Crippen molar-refractivity contribution in [2.24, 2.45) is 5.92 Å². The molecule has 21 fully saturated rings. The number of hydrogen-bond acceptors (Lipinski definition) is 42. The van der Waals surface area contributed by atoms with Crippen molar-refractivity contribution in [2.45, 2.75) is 247 Å². The minimum atomic E-state index is -2.31. The topological polar surface area (TPSA) is 653 Å². The van der Waals surface area contributed by atoms with Crippen molar-refractivity contribution in [1.29, 1.82) is 0 Å². The molecule has 21 aliphatic rings. The summed E-state index contributed by atoms with van der Waals surface area (Å²) >= 11 is 1.66. The molecule has 103 heavy (non-hydrogen) atoms. The number of Topliss-reactive ketones (excluding diaryl/α,β-unsaturated/α-hetero) is 2. The lowest BCUT2D eigenvalue weighted by Crippen LogP contribution is -2.68. The van der Waals surface area contributed by atoms with E-state index in [9.17, 15) is 126 Å². The third kappa shape index (κ3) is 21.0. The van der Waals surface area contributed by atoms with E-state index >= 15 is 0 Å². The zero-order valence-corrected chi connectivity index (χ0v) is 57.2. The summed E-state index contributed by atoms with van der Waals surface area (Å²) < 4.78 is 93.3. The minimum Gasteiger partial charge on any atom is -0.481 e. The molecule has 0 spiro atoms. The zero-order valence-electron chi connectivity index (χ0n) is 55.5. The number of ether oxygens (including phenoxy) is 16. The number of ketones is 2. The fourth-order valence-electron chi connectivity index (χ4n) is 12.6. The number of carbonyl (C=O) groups excluding carboxylic acids is 2. The molecule has 14 bridgehead atoms. The Balaban J connectivity index is 1.08. The summed E-state index contributed by atoms with van der Waals surface area (Å²) in [6.45, 7) is -3.91. The number of aliphatic carboxylic acids is 2. The van der Waals surface area contributed by atoms with E-state index in [-0.39, 0.29) is 62.3 Å². The van der Waals surface area contributed by atoms with Gasteiger partial charge in [-0.15, -0.1) is 0 Å². The summed E-state index contributed by atoms with van der Waals surface area (Å²) in [5, 5.41) is 239. The Hall–Kier alpha value is -2.46. The van der Waals surface area contributed by atoms with Gasteiger partial charge in [0.2, 0.25) is 0 Å². The number of carboxylic acid groups (broad SMARTS) is 2. The van der Waals surface area contributed by atoms with Crippen molar-refractivity contribution in [3.8, 4) is 0 Å². The summed E-state index contributed by atoms with van der Waals surface area (Å²) in [6.07, 6.45) is -73.1. The molecule has 42 nitrogen and oxygen atoms in total. The first-order valence-electron chi connectivity index (χ1n) is 33.2. The van der Waals surface area contributed by atoms with Crippen molar-refractivity contribution in [3.05, 3.63) is 0 Å². The van der Waals surface area contributed by atoms with Gasteiger partial charge in [-0.05, 0) is 14.0 Å². The number of carbonyl (C=O) groups is 4. The molecule has 0 aliphatic carbocycles. The molecule has 21 saturated heterocycles. The standard InChI is InChI=1S/C59H97NO41S2/c1-19(66)3-5-86-7-8-87-6-4-21(67)9-20(51(82)83)15-102-17-28-49-35(73)42(80)58(93-28)98-47-26(13-64)89-55(38(76)31(47)69)97-46-25(12-63)92-57(41(79)34(46)72)101-50-29(18-103-16-22(60-2)52(84)85)94-59(43(81)36(50)74)99-48-27(14-65)90-54(39(77)32(48)70)95-44-23(10-61)88-53(37(75)30(44)68)96-45-24(11-62)91-56(100-49)40(78)33(45)71/h20,22-50,53-65,68-81H,3-18H2,1-2H3,(H,82,83)(H,84,85)/t20?,22-,23?,24?,25?,26?,27?,28?,29?,30-,31-,32-,33-,34-,35-,36-,37?,38?,39+,40?,41?,42?,43?,44-,45-,46-,47-,48-,49-,50-,53-,54?,55+,56-,57+,58-,59+/m1/s1. The second-order valence-electron chi connectivity index (χ2n) is 25.7. The van der Waals surface area contributed by atoms with Gasteiger partial charge in [-0.25, -0.2) is 0 Å². The van der Waals surface area contributed by atoms with Crippen LogP contribution >= 0.6 is 23.5 Å². The summed E-state index contributed by atoms with van der Waals surface area (Å²) in [7, 11) is 1.35. The molecule has 0 radical (unpaired) electrons. The maximum atomic E-state index is 13.0. The van der Waals surface area contributed by atoms with Crippen molar-refractivity contribution >= 4 is 47.0 Å². The van der Waals surface area contributed by atoms with Gasteiger partial charge in [-0.3, -0.25) is 19.2 Å². The van der Waals surface area contributed by atoms with Crippen LogP contribution < -0.4 is 5.32 Å². The van der Waals surface area contributed by atoms with Crippen molar-refractivity contribution in [2.75, 3.05) is 89.5 Å². The number of nitrogens with one attached hydrogen (secondary N) is 1. The molecular weight excluding hydrogens is 1440 g/mol. The van der Waals surface area contributed by atoms with Crippen molar-refractivity contribution in [3.63, 3.8) is 0 Å². The van der Waals surface area contributed by atoms with Gasteiger partial charge in [-0.1, -0.05) is 0 Å². The van der Waals surface area contributed by atoms with Crippen LogP contribution in [0.2, 0.25) is 0 Å². The highest BCUT2D eigenvalue weighted by Crippen LogP contribution is 2.40. The van der Waals surface area contributed by atoms with Crippen LogP contribution in [-0.2, 0) is 95.0 Å². The Kier molecular flexibility index (Phi) is 33.4. The number of carboxylic acids is 2.